The van der Waals surface area contributed by atoms with Crippen molar-refractivity contribution in [1.82, 2.24) is 5.32 Å². The van der Waals surface area contributed by atoms with E-state index in [1.165, 1.54) is 0 Å². The quantitative estimate of drug-likeness (QED) is 0.776. The molecule has 0 bridgehead atoms. The van der Waals surface area contributed by atoms with Gasteiger partial charge in [0.1, 0.15) is 5.75 Å². The fraction of sp³-hybridized carbons (Fsp3) is 0.278. The Morgan fingerprint density at radius 3 is 2.44 bits per heavy atom. The largest absolute Gasteiger partial charge is 0.497 e. The highest BCUT2D eigenvalue weighted by atomic mass is 35.5. The van der Waals surface area contributed by atoms with Crippen molar-refractivity contribution in [3.05, 3.63) is 47.0 Å². The number of ether oxygens (including phenoxy) is 3. The number of hydrogen-bond donors (Lipinski definition) is 2. The number of halogens is 1. The number of nitrogens with one attached hydrogen (secondary N) is 2. The van der Waals surface area contributed by atoms with Gasteiger partial charge in [0.05, 0.1) is 25.8 Å². The first-order valence-electron chi connectivity index (χ1n) is 7.75. The molecule has 0 spiro atoms. The zero-order valence-electron chi connectivity index (χ0n) is 14.4. The number of hydrogen-bond acceptors (Lipinski definition) is 4. The first-order chi connectivity index (χ1) is 12.1. The van der Waals surface area contributed by atoms with E-state index in [1.807, 2.05) is 6.92 Å². The molecule has 2 amide bonds. The highest BCUT2D eigenvalue weighted by molar-refractivity contribution is 6.32. The minimum atomic E-state index is -0.325. The maximum absolute atomic E-state index is 12.0. The van der Waals surface area contributed by atoms with Crippen LogP contribution in [0.25, 0.3) is 0 Å². The molecule has 2 N–H and O–H groups in total. The molecule has 0 aliphatic carbocycles. The molecular weight excluding hydrogens is 344 g/mol. The Labute approximate surface area is 152 Å². The van der Waals surface area contributed by atoms with E-state index >= 15 is 0 Å². The monoisotopic (exact) mass is 364 g/mol. The number of anilines is 1. The lowest BCUT2D eigenvalue weighted by Gasteiger charge is -2.14. The third kappa shape index (κ3) is 5.19. The molecule has 0 saturated carbocycles. The fourth-order valence-electron chi connectivity index (χ4n) is 2.19. The second-order valence-corrected chi connectivity index (χ2v) is 5.49. The van der Waals surface area contributed by atoms with Crippen LogP contribution in [0.3, 0.4) is 0 Å². The number of rotatable bonds is 7. The number of benzene rings is 2. The SMILES string of the molecule is CCOc1c(Cl)cc(CNC(=O)Nc2ccc(OC)cc2)cc1OC. The molecule has 0 aliphatic rings. The van der Waals surface area contributed by atoms with E-state index in [-0.39, 0.29) is 6.03 Å². The van der Waals surface area contributed by atoms with Crippen molar-refractivity contribution in [3.8, 4) is 17.2 Å². The van der Waals surface area contributed by atoms with E-state index in [4.69, 9.17) is 25.8 Å². The molecule has 0 fully saturated rings. The Bertz CT molecular complexity index is 720. The van der Waals surface area contributed by atoms with Crippen molar-refractivity contribution >= 4 is 23.3 Å². The molecule has 134 valence electrons. The molecule has 2 aromatic carbocycles. The first kappa shape index (κ1) is 18.7. The van der Waals surface area contributed by atoms with E-state index in [9.17, 15) is 4.79 Å². The Kier molecular flexibility index (Phi) is 6.77. The van der Waals surface area contributed by atoms with Crippen LogP contribution in [0.2, 0.25) is 5.02 Å². The van der Waals surface area contributed by atoms with Crippen LogP contribution >= 0.6 is 11.6 Å². The summed E-state index contributed by atoms with van der Waals surface area (Å²) in [5.41, 5.74) is 1.47. The number of amides is 2. The van der Waals surface area contributed by atoms with Crippen LogP contribution in [0.1, 0.15) is 12.5 Å². The molecule has 25 heavy (non-hydrogen) atoms. The molecule has 0 heterocycles. The van der Waals surface area contributed by atoms with Gasteiger partial charge < -0.3 is 24.8 Å². The maximum Gasteiger partial charge on any atom is 0.319 e. The number of methoxy groups -OCH3 is 2. The Balaban J connectivity index is 1.97. The Morgan fingerprint density at radius 2 is 1.84 bits per heavy atom. The molecule has 0 aromatic heterocycles. The summed E-state index contributed by atoms with van der Waals surface area (Å²) in [4.78, 5) is 12.0. The molecule has 0 unspecified atom stereocenters. The highest BCUT2D eigenvalue weighted by Crippen LogP contribution is 2.36. The summed E-state index contributed by atoms with van der Waals surface area (Å²) in [6.45, 7) is 2.65. The average molecular weight is 365 g/mol. The highest BCUT2D eigenvalue weighted by Gasteiger charge is 2.12. The molecule has 7 heteroatoms. The van der Waals surface area contributed by atoms with E-state index in [0.717, 1.165) is 11.3 Å². The van der Waals surface area contributed by atoms with Crippen molar-refractivity contribution in [2.75, 3.05) is 26.1 Å². The zero-order chi connectivity index (χ0) is 18.2. The molecule has 0 saturated heterocycles. The summed E-state index contributed by atoms with van der Waals surface area (Å²) in [5.74, 6) is 1.75. The first-order valence-corrected chi connectivity index (χ1v) is 8.13. The lowest BCUT2D eigenvalue weighted by molar-refractivity contribution is 0.251. The lowest BCUT2D eigenvalue weighted by Crippen LogP contribution is -2.28. The van der Waals surface area contributed by atoms with E-state index in [2.05, 4.69) is 10.6 Å². The molecule has 2 rings (SSSR count). The minimum Gasteiger partial charge on any atom is -0.497 e. The predicted octanol–water partition coefficient (Wildman–Crippen LogP) is 4.08. The molecular formula is C18H21ClN2O4. The topological polar surface area (TPSA) is 68.8 Å². The van der Waals surface area contributed by atoms with Crippen LogP contribution in [0.5, 0.6) is 17.2 Å². The third-order valence-electron chi connectivity index (χ3n) is 3.38. The van der Waals surface area contributed by atoms with Gasteiger partial charge in [0.15, 0.2) is 11.5 Å². The second kappa shape index (κ2) is 9.03. The minimum absolute atomic E-state index is 0.296. The van der Waals surface area contributed by atoms with E-state index in [0.29, 0.717) is 35.4 Å². The molecule has 0 atom stereocenters. The van der Waals surface area contributed by atoms with Gasteiger partial charge in [0.25, 0.3) is 0 Å². The van der Waals surface area contributed by atoms with Crippen LogP contribution in [0.4, 0.5) is 10.5 Å². The lowest BCUT2D eigenvalue weighted by atomic mass is 10.2. The summed E-state index contributed by atoms with van der Waals surface area (Å²) in [6.07, 6.45) is 0. The smallest absolute Gasteiger partial charge is 0.319 e. The van der Waals surface area contributed by atoms with E-state index in [1.54, 1.807) is 50.6 Å². The molecule has 0 radical (unpaired) electrons. The number of carbonyl (C=O) groups is 1. The second-order valence-electron chi connectivity index (χ2n) is 5.08. The standard InChI is InChI=1S/C18H21ClN2O4/c1-4-25-17-15(19)9-12(10-16(17)24-3)11-20-18(22)21-13-5-7-14(23-2)8-6-13/h5-10H,4,11H2,1-3H3,(H2,20,21,22). The predicted molar refractivity (Wildman–Crippen MR) is 98.0 cm³/mol. The van der Waals surface area contributed by atoms with Crippen molar-refractivity contribution in [2.45, 2.75) is 13.5 Å². The van der Waals surface area contributed by atoms with Gasteiger partial charge in [0, 0.05) is 12.2 Å². The average Bonchev–Trinajstić information content (AvgIpc) is 2.62. The summed E-state index contributed by atoms with van der Waals surface area (Å²) in [6, 6.07) is 10.3. The molecule has 0 aliphatic heterocycles. The van der Waals surface area contributed by atoms with Gasteiger partial charge in [-0.15, -0.1) is 0 Å². The van der Waals surface area contributed by atoms with Crippen molar-refractivity contribution in [1.29, 1.82) is 0 Å². The van der Waals surface area contributed by atoms with Gasteiger partial charge in [-0.2, -0.15) is 0 Å². The maximum atomic E-state index is 12.0. The van der Waals surface area contributed by atoms with Crippen LogP contribution < -0.4 is 24.8 Å². The zero-order valence-corrected chi connectivity index (χ0v) is 15.1. The van der Waals surface area contributed by atoms with Gasteiger partial charge in [-0.3, -0.25) is 0 Å². The van der Waals surface area contributed by atoms with Gasteiger partial charge in [-0.1, -0.05) is 11.6 Å². The molecule has 2 aromatic rings. The summed E-state index contributed by atoms with van der Waals surface area (Å²) in [5, 5.41) is 5.95. The number of urea groups is 1. The third-order valence-corrected chi connectivity index (χ3v) is 3.66. The summed E-state index contributed by atoms with van der Waals surface area (Å²) >= 11 is 6.22. The van der Waals surface area contributed by atoms with Gasteiger partial charge in [0.2, 0.25) is 0 Å². The summed E-state index contributed by atoms with van der Waals surface area (Å²) in [7, 11) is 3.13. The molecule has 6 nitrogen and oxygen atoms in total. The van der Waals surface area contributed by atoms with Crippen LogP contribution in [-0.2, 0) is 6.54 Å². The van der Waals surface area contributed by atoms with Crippen molar-refractivity contribution in [2.24, 2.45) is 0 Å². The normalized spacial score (nSPS) is 10.1. The van der Waals surface area contributed by atoms with Crippen LogP contribution in [0.15, 0.2) is 36.4 Å². The Morgan fingerprint density at radius 1 is 1.12 bits per heavy atom. The van der Waals surface area contributed by atoms with E-state index < -0.39 is 0 Å². The van der Waals surface area contributed by atoms with Gasteiger partial charge in [-0.25, -0.2) is 4.79 Å². The van der Waals surface area contributed by atoms with Gasteiger partial charge in [-0.05, 0) is 48.9 Å². The van der Waals surface area contributed by atoms with Crippen LogP contribution in [-0.4, -0.2) is 26.9 Å². The van der Waals surface area contributed by atoms with Crippen molar-refractivity contribution < 1.29 is 19.0 Å². The summed E-state index contributed by atoms with van der Waals surface area (Å²) < 4.78 is 15.8. The Hall–Kier alpha value is -2.60. The van der Waals surface area contributed by atoms with Crippen LogP contribution in [0, 0.1) is 0 Å². The van der Waals surface area contributed by atoms with Crippen molar-refractivity contribution in [3.63, 3.8) is 0 Å². The fourth-order valence-corrected chi connectivity index (χ4v) is 2.48. The van der Waals surface area contributed by atoms with Gasteiger partial charge >= 0.3 is 6.03 Å². The number of carbonyl (C=O) groups excluding carboxylic acids is 1.